The van der Waals surface area contributed by atoms with Crippen molar-refractivity contribution in [1.82, 2.24) is 15.1 Å². The maximum absolute atomic E-state index is 12.7. The highest BCUT2D eigenvalue weighted by atomic mass is 35.5. The Morgan fingerprint density at radius 3 is 2.59 bits per heavy atom. The number of aromatic nitrogens is 3. The van der Waals surface area contributed by atoms with E-state index in [9.17, 15) is 13.2 Å². The fourth-order valence-corrected chi connectivity index (χ4v) is 1.40. The molecule has 0 radical (unpaired) electrons. The molecule has 0 spiro atoms. The fraction of sp³-hybridized carbons (Fsp3) is 0.222. The summed E-state index contributed by atoms with van der Waals surface area (Å²) in [7, 11) is 0. The first kappa shape index (κ1) is 11.8. The molecule has 0 fully saturated rings. The maximum Gasteiger partial charge on any atom is 0.417 e. The molecule has 2 aromatic heterocycles. The van der Waals surface area contributed by atoms with Gasteiger partial charge in [-0.25, -0.2) is 4.98 Å². The first-order valence-corrected chi connectivity index (χ1v) is 4.79. The van der Waals surface area contributed by atoms with Crippen molar-refractivity contribution in [2.24, 2.45) is 0 Å². The van der Waals surface area contributed by atoms with Crippen LogP contribution in [0.15, 0.2) is 16.8 Å². The molecule has 2 rings (SSSR count). The van der Waals surface area contributed by atoms with Gasteiger partial charge in [0.1, 0.15) is 5.15 Å². The van der Waals surface area contributed by atoms with Crippen LogP contribution < -0.4 is 0 Å². The molecular weight excluding hydrogens is 259 g/mol. The van der Waals surface area contributed by atoms with Gasteiger partial charge in [-0.15, -0.1) is 0 Å². The first-order chi connectivity index (χ1) is 7.88. The summed E-state index contributed by atoms with van der Waals surface area (Å²) in [6.07, 6.45) is -3.61. The second kappa shape index (κ2) is 3.99. The van der Waals surface area contributed by atoms with E-state index in [1.54, 1.807) is 0 Å². The van der Waals surface area contributed by atoms with E-state index in [1.165, 1.54) is 6.92 Å². The highest BCUT2D eigenvalue weighted by Crippen LogP contribution is 2.37. The largest absolute Gasteiger partial charge is 0.417 e. The Hall–Kier alpha value is -1.63. The average molecular weight is 264 g/mol. The Labute approximate surface area is 98.4 Å². The Bertz CT molecular complexity index is 553. The number of pyridine rings is 1. The molecule has 0 aliphatic carbocycles. The third kappa shape index (κ3) is 2.38. The normalized spacial score (nSPS) is 11.8. The van der Waals surface area contributed by atoms with Crippen molar-refractivity contribution in [1.29, 1.82) is 0 Å². The van der Waals surface area contributed by atoms with Crippen molar-refractivity contribution >= 4 is 11.6 Å². The standard InChI is InChI=1S/C9H5ClF3N3O/c1-4-15-8(17-16-4)5-3-14-7(10)2-6(5)9(11,12)13/h2-3H,1H3. The Morgan fingerprint density at radius 1 is 1.35 bits per heavy atom. The van der Waals surface area contributed by atoms with Crippen molar-refractivity contribution in [2.75, 3.05) is 0 Å². The number of aryl methyl sites for hydroxylation is 1. The van der Waals surface area contributed by atoms with E-state index in [-0.39, 0.29) is 22.4 Å². The summed E-state index contributed by atoms with van der Waals surface area (Å²) in [5.41, 5.74) is -1.25. The minimum atomic E-state index is -4.57. The second-order valence-electron chi connectivity index (χ2n) is 3.20. The molecule has 8 heteroatoms. The summed E-state index contributed by atoms with van der Waals surface area (Å²) in [6.45, 7) is 1.50. The molecule has 0 aliphatic heterocycles. The number of halogens is 4. The van der Waals surface area contributed by atoms with Crippen LogP contribution in [0.25, 0.3) is 11.5 Å². The van der Waals surface area contributed by atoms with Crippen LogP contribution >= 0.6 is 11.6 Å². The average Bonchev–Trinajstić information content (AvgIpc) is 2.63. The van der Waals surface area contributed by atoms with E-state index >= 15 is 0 Å². The maximum atomic E-state index is 12.7. The van der Waals surface area contributed by atoms with Crippen LogP contribution in [0.1, 0.15) is 11.4 Å². The molecule has 0 saturated heterocycles. The van der Waals surface area contributed by atoms with Gasteiger partial charge in [-0.3, -0.25) is 0 Å². The quantitative estimate of drug-likeness (QED) is 0.742. The molecule has 90 valence electrons. The number of nitrogens with zero attached hydrogens (tertiary/aromatic N) is 3. The molecule has 0 amide bonds. The molecule has 2 aromatic rings. The molecule has 0 saturated carbocycles. The Kier molecular flexibility index (Phi) is 2.78. The molecule has 0 atom stereocenters. The van der Waals surface area contributed by atoms with Crippen molar-refractivity contribution in [2.45, 2.75) is 13.1 Å². The number of alkyl halides is 3. The SMILES string of the molecule is Cc1noc(-c2cnc(Cl)cc2C(F)(F)F)n1. The van der Waals surface area contributed by atoms with Gasteiger partial charge in [-0.2, -0.15) is 18.2 Å². The highest BCUT2D eigenvalue weighted by molar-refractivity contribution is 6.29. The van der Waals surface area contributed by atoms with Crippen LogP contribution in [0, 0.1) is 6.92 Å². The molecule has 0 aliphatic rings. The van der Waals surface area contributed by atoms with E-state index in [4.69, 9.17) is 11.6 Å². The second-order valence-corrected chi connectivity index (χ2v) is 3.58. The topological polar surface area (TPSA) is 51.8 Å². The summed E-state index contributed by atoms with van der Waals surface area (Å²) in [4.78, 5) is 7.30. The lowest BCUT2D eigenvalue weighted by molar-refractivity contribution is -0.137. The minimum absolute atomic E-state index is 0.237. The van der Waals surface area contributed by atoms with Crippen LogP contribution in [0.3, 0.4) is 0 Å². The zero-order chi connectivity index (χ0) is 12.6. The monoisotopic (exact) mass is 263 g/mol. The molecule has 0 N–H and O–H groups in total. The molecule has 0 unspecified atom stereocenters. The summed E-state index contributed by atoms with van der Waals surface area (Å²) >= 11 is 5.44. The summed E-state index contributed by atoms with van der Waals surface area (Å²) in [5.74, 6) is 0.00191. The van der Waals surface area contributed by atoms with Crippen molar-refractivity contribution in [3.05, 3.63) is 28.8 Å². The lowest BCUT2D eigenvalue weighted by Crippen LogP contribution is -2.08. The van der Waals surface area contributed by atoms with Gasteiger partial charge in [0.25, 0.3) is 5.89 Å². The molecule has 0 aromatic carbocycles. The summed E-state index contributed by atoms with van der Waals surface area (Å²) < 4.78 is 42.9. The predicted octanol–water partition coefficient (Wildman–Crippen LogP) is 3.11. The van der Waals surface area contributed by atoms with Gasteiger partial charge < -0.3 is 4.52 Å². The van der Waals surface area contributed by atoms with E-state index in [0.29, 0.717) is 0 Å². The van der Waals surface area contributed by atoms with Gasteiger partial charge in [0, 0.05) is 6.20 Å². The van der Waals surface area contributed by atoms with Gasteiger partial charge in [0.05, 0.1) is 11.1 Å². The summed E-state index contributed by atoms with van der Waals surface area (Å²) in [5, 5.41) is 3.17. The Morgan fingerprint density at radius 2 is 2.06 bits per heavy atom. The van der Waals surface area contributed by atoms with Crippen LogP contribution in [0.5, 0.6) is 0 Å². The fourth-order valence-electron chi connectivity index (χ4n) is 1.24. The first-order valence-electron chi connectivity index (χ1n) is 4.41. The predicted molar refractivity (Wildman–Crippen MR) is 52.3 cm³/mol. The highest BCUT2D eigenvalue weighted by Gasteiger charge is 2.35. The van der Waals surface area contributed by atoms with Crippen molar-refractivity contribution < 1.29 is 17.7 Å². The van der Waals surface area contributed by atoms with Crippen molar-refractivity contribution in [3.63, 3.8) is 0 Å². The van der Waals surface area contributed by atoms with Gasteiger partial charge in [-0.1, -0.05) is 16.8 Å². The molecule has 2 heterocycles. The van der Waals surface area contributed by atoms with E-state index in [0.717, 1.165) is 12.3 Å². The van der Waals surface area contributed by atoms with Crippen LogP contribution in [-0.2, 0) is 6.18 Å². The summed E-state index contributed by atoms with van der Waals surface area (Å²) in [6, 6.07) is 0.719. The molecular formula is C9H5ClF3N3O. The van der Waals surface area contributed by atoms with E-state index < -0.39 is 11.7 Å². The molecule has 4 nitrogen and oxygen atoms in total. The van der Waals surface area contributed by atoms with Crippen LogP contribution in [-0.4, -0.2) is 15.1 Å². The van der Waals surface area contributed by atoms with Gasteiger partial charge in [0.15, 0.2) is 5.82 Å². The minimum Gasteiger partial charge on any atom is -0.334 e. The van der Waals surface area contributed by atoms with Gasteiger partial charge in [-0.05, 0) is 13.0 Å². The Balaban J connectivity index is 2.61. The van der Waals surface area contributed by atoms with Gasteiger partial charge in [0.2, 0.25) is 0 Å². The van der Waals surface area contributed by atoms with E-state index in [1.807, 2.05) is 0 Å². The third-order valence-corrected chi connectivity index (χ3v) is 2.14. The number of hydrogen-bond donors (Lipinski definition) is 0. The van der Waals surface area contributed by atoms with Crippen molar-refractivity contribution in [3.8, 4) is 11.5 Å². The molecule has 17 heavy (non-hydrogen) atoms. The zero-order valence-corrected chi connectivity index (χ0v) is 9.17. The van der Waals surface area contributed by atoms with Crippen LogP contribution in [0.4, 0.5) is 13.2 Å². The zero-order valence-electron chi connectivity index (χ0n) is 8.42. The van der Waals surface area contributed by atoms with Gasteiger partial charge >= 0.3 is 6.18 Å². The lowest BCUT2D eigenvalue weighted by atomic mass is 10.1. The number of hydrogen-bond acceptors (Lipinski definition) is 4. The third-order valence-electron chi connectivity index (χ3n) is 1.93. The van der Waals surface area contributed by atoms with E-state index in [2.05, 4.69) is 19.6 Å². The molecule has 0 bridgehead atoms. The number of rotatable bonds is 1. The van der Waals surface area contributed by atoms with Crippen LogP contribution in [0.2, 0.25) is 5.15 Å². The lowest BCUT2D eigenvalue weighted by Gasteiger charge is -2.09. The smallest absolute Gasteiger partial charge is 0.334 e.